The van der Waals surface area contributed by atoms with Crippen molar-refractivity contribution in [2.24, 2.45) is 11.8 Å². The molecule has 0 radical (unpaired) electrons. The fraction of sp³-hybridized carbons (Fsp3) is 0.571. The molecule has 0 unspecified atom stereocenters. The summed E-state index contributed by atoms with van der Waals surface area (Å²) in [5, 5.41) is 0. The van der Waals surface area contributed by atoms with Gasteiger partial charge in [-0.3, -0.25) is 4.79 Å². The van der Waals surface area contributed by atoms with Crippen molar-refractivity contribution >= 4 is 28.0 Å². The molecule has 3 rings (SSSR count). The third-order valence-electron chi connectivity index (χ3n) is 5.37. The molecule has 0 aromatic heterocycles. The highest BCUT2D eigenvalue weighted by Gasteiger charge is 2.27. The third-order valence-corrected chi connectivity index (χ3v) is 5.90. The Balaban J connectivity index is 1.63. The Morgan fingerprint density at radius 2 is 1.71 bits per heavy atom. The first-order valence-electron chi connectivity index (χ1n) is 9.35. The van der Waals surface area contributed by atoms with Crippen LogP contribution in [-0.4, -0.2) is 12.1 Å². The quantitative estimate of drug-likeness (QED) is 0.544. The summed E-state index contributed by atoms with van der Waals surface area (Å²) < 4.78 is 6.99. The van der Waals surface area contributed by atoms with Gasteiger partial charge in [-0.2, -0.15) is 0 Å². The normalized spacial score (nSPS) is 20.7. The van der Waals surface area contributed by atoms with Crippen LogP contribution in [0.15, 0.2) is 34.8 Å². The lowest BCUT2D eigenvalue weighted by molar-refractivity contribution is -0.152. The molecule has 2 aliphatic carbocycles. The van der Waals surface area contributed by atoms with Crippen molar-refractivity contribution in [1.82, 2.24) is 0 Å². The van der Waals surface area contributed by atoms with Gasteiger partial charge in [0.2, 0.25) is 0 Å². The summed E-state index contributed by atoms with van der Waals surface area (Å²) in [6.45, 7) is 0. The van der Waals surface area contributed by atoms with E-state index in [2.05, 4.69) is 40.2 Å². The summed E-state index contributed by atoms with van der Waals surface area (Å²) in [6.07, 6.45) is 14.6. The summed E-state index contributed by atoms with van der Waals surface area (Å²) in [4.78, 5) is 12.4. The SMILES string of the molecule is O=C(O[C@H](/C=C/c1ccc(Br)cc1)CC1CCCC1)C1CCCC1. The van der Waals surface area contributed by atoms with Crippen molar-refractivity contribution in [3.63, 3.8) is 0 Å². The maximum Gasteiger partial charge on any atom is 0.309 e. The average Bonchev–Trinajstić information content (AvgIpc) is 3.27. The number of carbonyl (C=O) groups excluding carboxylic acids is 1. The highest BCUT2D eigenvalue weighted by Crippen LogP contribution is 2.31. The first-order valence-corrected chi connectivity index (χ1v) is 10.1. The average molecular weight is 391 g/mol. The molecule has 2 nitrogen and oxygen atoms in total. The van der Waals surface area contributed by atoms with Crippen molar-refractivity contribution in [2.45, 2.75) is 63.9 Å². The molecule has 0 amide bonds. The molecule has 3 heteroatoms. The van der Waals surface area contributed by atoms with E-state index in [1.165, 1.54) is 38.5 Å². The number of carbonyl (C=O) groups is 1. The zero-order valence-corrected chi connectivity index (χ0v) is 15.8. The Bertz CT molecular complexity index is 552. The second-order valence-electron chi connectivity index (χ2n) is 7.25. The van der Waals surface area contributed by atoms with Crippen LogP contribution in [0.4, 0.5) is 0 Å². The highest BCUT2D eigenvalue weighted by molar-refractivity contribution is 9.10. The first kappa shape index (κ1) is 17.7. The fourth-order valence-electron chi connectivity index (χ4n) is 3.94. The van der Waals surface area contributed by atoms with E-state index in [9.17, 15) is 4.79 Å². The van der Waals surface area contributed by atoms with Gasteiger partial charge in [-0.1, -0.05) is 72.7 Å². The van der Waals surface area contributed by atoms with Gasteiger partial charge in [0, 0.05) is 4.47 Å². The molecule has 1 aromatic carbocycles. The minimum Gasteiger partial charge on any atom is -0.458 e. The van der Waals surface area contributed by atoms with Crippen molar-refractivity contribution in [3.8, 4) is 0 Å². The summed E-state index contributed by atoms with van der Waals surface area (Å²) >= 11 is 3.46. The van der Waals surface area contributed by atoms with E-state index in [4.69, 9.17) is 4.74 Å². The molecule has 2 saturated carbocycles. The lowest BCUT2D eigenvalue weighted by Gasteiger charge is -2.20. The molecule has 0 heterocycles. The predicted molar refractivity (Wildman–Crippen MR) is 102 cm³/mol. The second-order valence-corrected chi connectivity index (χ2v) is 8.17. The van der Waals surface area contributed by atoms with Crippen LogP contribution in [0.5, 0.6) is 0 Å². The molecule has 1 atom stereocenters. The highest BCUT2D eigenvalue weighted by atomic mass is 79.9. The van der Waals surface area contributed by atoms with Gasteiger partial charge in [0.05, 0.1) is 5.92 Å². The second kappa shape index (κ2) is 8.84. The first-order chi connectivity index (χ1) is 11.7. The van der Waals surface area contributed by atoms with Crippen LogP contribution < -0.4 is 0 Å². The number of hydrogen-bond acceptors (Lipinski definition) is 2. The molecule has 2 fully saturated rings. The van der Waals surface area contributed by atoms with Gasteiger partial charge in [0.1, 0.15) is 6.10 Å². The number of esters is 1. The minimum atomic E-state index is -0.0788. The van der Waals surface area contributed by atoms with Crippen LogP contribution in [0.3, 0.4) is 0 Å². The van der Waals surface area contributed by atoms with E-state index < -0.39 is 0 Å². The Morgan fingerprint density at radius 1 is 1.08 bits per heavy atom. The van der Waals surface area contributed by atoms with E-state index in [0.717, 1.165) is 29.3 Å². The van der Waals surface area contributed by atoms with Crippen molar-refractivity contribution in [2.75, 3.05) is 0 Å². The Kier molecular flexibility index (Phi) is 6.53. The van der Waals surface area contributed by atoms with Crippen LogP contribution in [0, 0.1) is 11.8 Å². The number of rotatable bonds is 6. The Labute approximate surface area is 153 Å². The van der Waals surface area contributed by atoms with Crippen LogP contribution in [0.25, 0.3) is 6.08 Å². The Hall–Kier alpha value is -1.09. The third kappa shape index (κ3) is 5.20. The molecule has 0 bridgehead atoms. The van der Waals surface area contributed by atoms with Gasteiger partial charge in [0.25, 0.3) is 0 Å². The van der Waals surface area contributed by atoms with Gasteiger partial charge in [-0.05, 0) is 49.0 Å². The lowest BCUT2D eigenvalue weighted by atomic mass is 9.99. The summed E-state index contributed by atoms with van der Waals surface area (Å²) in [7, 11) is 0. The number of ether oxygens (including phenoxy) is 1. The molecule has 24 heavy (non-hydrogen) atoms. The van der Waals surface area contributed by atoms with Crippen molar-refractivity contribution in [3.05, 3.63) is 40.4 Å². The molecule has 0 spiro atoms. The van der Waals surface area contributed by atoms with E-state index in [-0.39, 0.29) is 18.0 Å². The fourth-order valence-corrected chi connectivity index (χ4v) is 4.20. The van der Waals surface area contributed by atoms with Crippen LogP contribution in [-0.2, 0) is 9.53 Å². The largest absolute Gasteiger partial charge is 0.458 e. The maximum atomic E-state index is 12.4. The van der Waals surface area contributed by atoms with Crippen molar-refractivity contribution in [1.29, 1.82) is 0 Å². The molecular weight excluding hydrogens is 364 g/mol. The van der Waals surface area contributed by atoms with Crippen molar-refractivity contribution < 1.29 is 9.53 Å². The number of halogens is 1. The molecule has 1 aromatic rings. The van der Waals surface area contributed by atoms with Gasteiger partial charge in [-0.25, -0.2) is 0 Å². The van der Waals surface area contributed by atoms with E-state index in [1.54, 1.807) is 0 Å². The predicted octanol–water partition coefficient (Wildman–Crippen LogP) is 6.14. The maximum absolute atomic E-state index is 12.4. The minimum absolute atomic E-state index is 0.0240. The smallest absolute Gasteiger partial charge is 0.309 e. The summed E-state index contributed by atoms with van der Waals surface area (Å²) in [5.41, 5.74) is 1.14. The molecule has 2 aliphatic rings. The molecule has 0 saturated heterocycles. The zero-order chi connectivity index (χ0) is 16.8. The number of benzene rings is 1. The topological polar surface area (TPSA) is 26.3 Å². The van der Waals surface area contributed by atoms with Gasteiger partial charge in [0.15, 0.2) is 0 Å². The lowest BCUT2D eigenvalue weighted by Crippen LogP contribution is -2.23. The van der Waals surface area contributed by atoms with E-state index in [1.807, 2.05) is 12.1 Å². The monoisotopic (exact) mass is 390 g/mol. The molecule has 130 valence electrons. The van der Waals surface area contributed by atoms with Crippen LogP contribution in [0.1, 0.15) is 63.4 Å². The van der Waals surface area contributed by atoms with E-state index >= 15 is 0 Å². The summed E-state index contributed by atoms with van der Waals surface area (Å²) in [6, 6.07) is 8.23. The molecular formula is C21H27BrO2. The van der Waals surface area contributed by atoms with Crippen LogP contribution >= 0.6 is 15.9 Å². The summed E-state index contributed by atoms with van der Waals surface area (Å²) in [5.74, 6) is 0.869. The van der Waals surface area contributed by atoms with Crippen LogP contribution in [0.2, 0.25) is 0 Å². The zero-order valence-electron chi connectivity index (χ0n) is 14.3. The molecule has 0 N–H and O–H groups in total. The standard InChI is InChI=1S/C21H27BrO2/c22-19-12-9-16(10-13-19)11-14-20(15-17-5-1-2-6-17)24-21(23)18-7-3-4-8-18/h9-14,17-18,20H,1-8,15H2/b14-11+/t20-/m1/s1. The van der Waals surface area contributed by atoms with Gasteiger partial charge >= 0.3 is 5.97 Å². The van der Waals surface area contributed by atoms with E-state index in [0.29, 0.717) is 5.92 Å². The van der Waals surface area contributed by atoms with Gasteiger partial charge < -0.3 is 4.74 Å². The Morgan fingerprint density at radius 3 is 2.38 bits per heavy atom. The van der Waals surface area contributed by atoms with Gasteiger partial charge in [-0.15, -0.1) is 0 Å². The molecule has 0 aliphatic heterocycles. The number of hydrogen-bond donors (Lipinski definition) is 0.